The summed E-state index contributed by atoms with van der Waals surface area (Å²) < 4.78 is 24.7. The zero-order chi connectivity index (χ0) is 15.9. The van der Waals surface area contributed by atoms with Crippen molar-refractivity contribution in [1.82, 2.24) is 5.32 Å². The van der Waals surface area contributed by atoms with Crippen LogP contribution in [0.5, 0.6) is 0 Å². The van der Waals surface area contributed by atoms with E-state index in [0.29, 0.717) is 5.92 Å². The minimum atomic E-state index is -3.03. The molecule has 0 aliphatic carbocycles. The van der Waals surface area contributed by atoms with Gasteiger partial charge in [-0.25, -0.2) is 8.42 Å². The van der Waals surface area contributed by atoms with Gasteiger partial charge >= 0.3 is 0 Å². The van der Waals surface area contributed by atoms with Crippen LogP contribution >= 0.6 is 0 Å². The lowest BCUT2D eigenvalue weighted by Gasteiger charge is -2.20. The molecule has 21 heavy (non-hydrogen) atoms. The van der Waals surface area contributed by atoms with Gasteiger partial charge in [-0.15, -0.1) is 0 Å². The summed E-state index contributed by atoms with van der Waals surface area (Å²) in [6.07, 6.45) is 1.73. The van der Waals surface area contributed by atoms with Crippen LogP contribution in [0.2, 0.25) is 0 Å². The average molecular weight is 311 g/mol. The molecule has 120 valence electrons. The Hall–Kier alpha value is -0.870. The van der Waals surface area contributed by atoms with Gasteiger partial charge in [-0.2, -0.15) is 0 Å². The molecule has 1 atom stereocenters. The molecule has 1 aromatic carbocycles. The molecule has 0 radical (unpaired) electrons. The van der Waals surface area contributed by atoms with E-state index in [1.165, 1.54) is 0 Å². The first kappa shape index (κ1) is 18.2. The van der Waals surface area contributed by atoms with Crippen molar-refractivity contribution in [2.45, 2.75) is 46.6 Å². The summed E-state index contributed by atoms with van der Waals surface area (Å²) in [6.45, 7) is 9.07. The average Bonchev–Trinajstić information content (AvgIpc) is 2.41. The van der Waals surface area contributed by atoms with Crippen LogP contribution in [-0.4, -0.2) is 26.5 Å². The van der Waals surface area contributed by atoms with Gasteiger partial charge in [-0.05, 0) is 37.8 Å². The molecule has 0 fully saturated rings. The fourth-order valence-corrected chi connectivity index (χ4v) is 4.05. The highest BCUT2D eigenvalue weighted by atomic mass is 32.2. The maximum Gasteiger partial charge on any atom is 0.152 e. The number of nitrogens with one attached hydrogen (secondary N) is 1. The van der Waals surface area contributed by atoms with Crippen LogP contribution in [0.4, 0.5) is 0 Å². The first-order valence-corrected chi connectivity index (χ1v) is 9.66. The van der Waals surface area contributed by atoms with Crippen molar-refractivity contribution in [3.63, 3.8) is 0 Å². The monoisotopic (exact) mass is 311 g/mol. The second-order valence-electron chi connectivity index (χ2n) is 6.22. The van der Waals surface area contributed by atoms with E-state index in [1.54, 1.807) is 0 Å². The lowest BCUT2D eigenvalue weighted by Crippen LogP contribution is -2.30. The Morgan fingerprint density at radius 3 is 2.52 bits per heavy atom. The quantitative estimate of drug-likeness (QED) is 0.759. The molecular weight excluding hydrogens is 282 g/mol. The molecular formula is C17H29NO2S. The molecule has 0 aliphatic rings. The van der Waals surface area contributed by atoms with Crippen molar-refractivity contribution in [2.24, 2.45) is 5.92 Å². The van der Waals surface area contributed by atoms with E-state index >= 15 is 0 Å². The highest BCUT2D eigenvalue weighted by Gasteiger charge is 2.20. The molecule has 1 N–H and O–H groups in total. The molecule has 0 aromatic heterocycles. The van der Waals surface area contributed by atoms with Gasteiger partial charge in [0.25, 0.3) is 0 Å². The van der Waals surface area contributed by atoms with Gasteiger partial charge in [0, 0.05) is 6.04 Å². The zero-order valence-corrected chi connectivity index (χ0v) is 14.5. The molecule has 0 amide bonds. The van der Waals surface area contributed by atoms with Crippen LogP contribution in [0, 0.1) is 12.8 Å². The van der Waals surface area contributed by atoms with Crippen LogP contribution < -0.4 is 5.32 Å². The van der Waals surface area contributed by atoms with Gasteiger partial charge in [0.2, 0.25) is 0 Å². The summed E-state index contributed by atoms with van der Waals surface area (Å²) in [6, 6.07) is 8.01. The van der Waals surface area contributed by atoms with Gasteiger partial charge in [0.1, 0.15) is 0 Å². The maximum absolute atomic E-state index is 12.3. The Labute approximate surface area is 130 Å². The molecule has 3 nitrogen and oxygen atoms in total. The van der Waals surface area contributed by atoms with Crippen molar-refractivity contribution in [3.8, 4) is 0 Å². The van der Waals surface area contributed by atoms with E-state index in [-0.39, 0.29) is 17.5 Å². The molecule has 1 aromatic rings. The van der Waals surface area contributed by atoms with Crippen molar-refractivity contribution in [3.05, 3.63) is 35.4 Å². The van der Waals surface area contributed by atoms with Crippen LogP contribution in [0.3, 0.4) is 0 Å². The smallest absolute Gasteiger partial charge is 0.152 e. The predicted octanol–water partition coefficient (Wildman–Crippen LogP) is 3.50. The minimum absolute atomic E-state index is 0.109. The molecule has 0 bridgehead atoms. The van der Waals surface area contributed by atoms with Crippen LogP contribution in [0.25, 0.3) is 0 Å². The topological polar surface area (TPSA) is 46.2 Å². The third kappa shape index (κ3) is 7.09. The predicted molar refractivity (Wildman–Crippen MR) is 90.3 cm³/mol. The molecule has 0 saturated heterocycles. The van der Waals surface area contributed by atoms with E-state index in [0.717, 1.165) is 30.5 Å². The number of rotatable bonds is 9. The van der Waals surface area contributed by atoms with E-state index in [1.807, 2.05) is 25.1 Å². The number of hydrogen-bond acceptors (Lipinski definition) is 3. The zero-order valence-electron chi connectivity index (χ0n) is 13.7. The van der Waals surface area contributed by atoms with Crippen molar-refractivity contribution in [2.75, 3.05) is 18.1 Å². The first-order valence-electron chi connectivity index (χ1n) is 7.84. The summed E-state index contributed by atoms with van der Waals surface area (Å²) in [5.74, 6) is 0.880. The summed E-state index contributed by atoms with van der Waals surface area (Å²) in [5.41, 5.74) is 2.23. The lowest BCUT2D eigenvalue weighted by atomic mass is 10.1. The maximum atomic E-state index is 12.3. The molecule has 1 unspecified atom stereocenters. The molecule has 1 rings (SSSR count). The number of aryl methyl sites for hydroxylation is 1. The Morgan fingerprint density at radius 1 is 1.24 bits per heavy atom. The van der Waals surface area contributed by atoms with Gasteiger partial charge in [-0.1, -0.05) is 50.6 Å². The number of hydrogen-bond donors (Lipinski definition) is 1. The number of sulfone groups is 1. The van der Waals surface area contributed by atoms with Gasteiger partial charge < -0.3 is 5.32 Å². The lowest BCUT2D eigenvalue weighted by molar-refractivity contribution is 0.538. The summed E-state index contributed by atoms with van der Waals surface area (Å²) in [4.78, 5) is 0. The van der Waals surface area contributed by atoms with E-state index in [4.69, 9.17) is 0 Å². The molecule has 0 spiro atoms. The Balaban J connectivity index is 2.83. The second-order valence-corrected chi connectivity index (χ2v) is 8.45. The largest absolute Gasteiger partial charge is 0.309 e. The van der Waals surface area contributed by atoms with Crippen molar-refractivity contribution < 1.29 is 8.42 Å². The third-order valence-electron chi connectivity index (χ3n) is 3.51. The fourth-order valence-electron chi connectivity index (χ4n) is 2.23. The normalized spacial score (nSPS) is 13.6. The second kappa shape index (κ2) is 8.54. The van der Waals surface area contributed by atoms with Gasteiger partial charge in [-0.3, -0.25) is 0 Å². The molecule has 0 saturated carbocycles. The molecule has 0 heterocycles. The Bertz CT molecular complexity index is 523. The number of benzene rings is 1. The Morgan fingerprint density at radius 2 is 1.95 bits per heavy atom. The highest BCUT2D eigenvalue weighted by molar-refractivity contribution is 7.91. The summed E-state index contributed by atoms with van der Waals surface area (Å²) in [7, 11) is -3.03. The third-order valence-corrected chi connectivity index (χ3v) is 5.21. The first-order chi connectivity index (χ1) is 9.84. The van der Waals surface area contributed by atoms with E-state index in [9.17, 15) is 8.42 Å². The molecule has 4 heteroatoms. The summed E-state index contributed by atoms with van der Waals surface area (Å²) >= 11 is 0. The van der Waals surface area contributed by atoms with Crippen LogP contribution in [0.1, 0.15) is 50.8 Å². The van der Waals surface area contributed by atoms with Crippen LogP contribution in [-0.2, 0) is 9.84 Å². The summed E-state index contributed by atoms with van der Waals surface area (Å²) in [5, 5.41) is 3.38. The molecule has 0 aliphatic heterocycles. The van der Waals surface area contributed by atoms with E-state index < -0.39 is 9.84 Å². The van der Waals surface area contributed by atoms with Gasteiger partial charge in [0.15, 0.2) is 9.84 Å². The Kier molecular flexibility index (Phi) is 7.40. The highest BCUT2D eigenvalue weighted by Crippen LogP contribution is 2.18. The van der Waals surface area contributed by atoms with Crippen LogP contribution in [0.15, 0.2) is 24.3 Å². The van der Waals surface area contributed by atoms with E-state index in [2.05, 4.69) is 32.2 Å². The minimum Gasteiger partial charge on any atom is -0.309 e. The fraction of sp³-hybridized carbons (Fsp3) is 0.647. The van der Waals surface area contributed by atoms with Crippen molar-refractivity contribution >= 4 is 9.84 Å². The SMILES string of the molecule is CCCNC(CS(=O)(=O)CCC(C)C)c1cccc(C)c1. The van der Waals surface area contributed by atoms with Gasteiger partial charge in [0.05, 0.1) is 11.5 Å². The standard InChI is InChI=1S/C17H29NO2S/c1-5-10-18-17(16-8-6-7-15(4)12-16)13-21(19,20)11-9-14(2)3/h6-8,12,14,17-18H,5,9-11,13H2,1-4H3. The van der Waals surface area contributed by atoms with Crippen molar-refractivity contribution in [1.29, 1.82) is 0 Å².